The first-order valence-electron chi connectivity index (χ1n) is 6.82. The average molecular weight is 331 g/mol. The van der Waals surface area contributed by atoms with Crippen molar-refractivity contribution in [1.82, 2.24) is 9.13 Å². The summed E-state index contributed by atoms with van der Waals surface area (Å²) in [5.41, 5.74) is 0.0921. The second kappa shape index (κ2) is 7.15. The zero-order chi connectivity index (χ0) is 17.0. The lowest BCUT2D eigenvalue weighted by Gasteiger charge is -2.05. The highest BCUT2D eigenvalue weighted by atomic mass is 32.2. The molecule has 1 N–H and O–H groups in total. The van der Waals surface area contributed by atoms with Gasteiger partial charge in [0.25, 0.3) is 5.56 Å². The third-order valence-electron chi connectivity index (χ3n) is 3.22. The number of anilines is 1. The summed E-state index contributed by atoms with van der Waals surface area (Å²) < 4.78 is 2.29. The molecular weight excluding hydrogens is 314 g/mol. The van der Waals surface area contributed by atoms with E-state index in [1.807, 2.05) is 24.5 Å². The van der Waals surface area contributed by atoms with Crippen LogP contribution < -0.4 is 16.6 Å². The highest BCUT2D eigenvalue weighted by Crippen LogP contribution is 2.18. The lowest BCUT2D eigenvalue weighted by atomic mass is 10.3. The number of benzene rings is 1. The number of nitrogens with zero attached hydrogens (tertiary/aromatic N) is 2. The van der Waals surface area contributed by atoms with Crippen molar-refractivity contribution >= 4 is 29.4 Å². The number of carbonyl (C=O) groups is 1. The molecule has 0 atom stereocenters. The van der Waals surface area contributed by atoms with Gasteiger partial charge < -0.3 is 9.88 Å². The smallest absolute Gasteiger partial charge is 0.322 e. The normalized spacial score (nSPS) is 10.9. The molecule has 7 heteroatoms. The Morgan fingerprint density at radius 1 is 1.26 bits per heavy atom. The number of hydrogen-bond donors (Lipinski definition) is 1. The molecule has 0 aliphatic carbocycles. The summed E-state index contributed by atoms with van der Waals surface area (Å²) in [6.45, 7) is 0. The molecule has 23 heavy (non-hydrogen) atoms. The van der Waals surface area contributed by atoms with Crippen LogP contribution in [0.2, 0.25) is 0 Å². The van der Waals surface area contributed by atoms with Gasteiger partial charge in [-0.05, 0) is 30.5 Å². The first-order chi connectivity index (χ1) is 10.9. The Morgan fingerprint density at radius 3 is 2.70 bits per heavy atom. The summed E-state index contributed by atoms with van der Waals surface area (Å²) in [7, 11) is 2.95. The molecule has 2 rings (SSSR count). The van der Waals surface area contributed by atoms with E-state index in [2.05, 4.69) is 5.32 Å². The fourth-order valence-corrected chi connectivity index (χ4v) is 2.46. The molecule has 1 aromatic carbocycles. The SMILES string of the molecule is CSc1cccc(NC(=O)/C=C/c2cn(C)c(=O)n(C)c2=O)c1. The Morgan fingerprint density at radius 2 is 2.00 bits per heavy atom. The van der Waals surface area contributed by atoms with Crippen molar-refractivity contribution < 1.29 is 4.79 Å². The number of aryl methyl sites for hydroxylation is 1. The maximum atomic E-state index is 12.0. The van der Waals surface area contributed by atoms with Crippen LogP contribution in [-0.2, 0) is 18.9 Å². The molecule has 0 radical (unpaired) electrons. The number of aromatic nitrogens is 2. The summed E-state index contributed by atoms with van der Waals surface area (Å²) >= 11 is 1.58. The van der Waals surface area contributed by atoms with Crippen LogP contribution in [0.4, 0.5) is 5.69 Å². The number of amides is 1. The highest BCUT2D eigenvalue weighted by Gasteiger charge is 2.05. The molecule has 0 saturated heterocycles. The first-order valence-corrected chi connectivity index (χ1v) is 8.04. The zero-order valence-electron chi connectivity index (χ0n) is 13.1. The van der Waals surface area contributed by atoms with Crippen molar-refractivity contribution in [3.63, 3.8) is 0 Å². The lowest BCUT2D eigenvalue weighted by Crippen LogP contribution is -2.37. The Kier molecular flexibility index (Phi) is 5.23. The fraction of sp³-hybridized carbons (Fsp3) is 0.188. The van der Waals surface area contributed by atoms with Gasteiger partial charge in [-0.1, -0.05) is 6.07 Å². The van der Waals surface area contributed by atoms with Gasteiger partial charge in [-0.3, -0.25) is 14.2 Å². The molecule has 0 spiro atoms. The standard InChI is InChI=1S/C16H17N3O3S/c1-18-10-11(15(21)19(2)16(18)22)7-8-14(20)17-12-5-4-6-13(9-12)23-3/h4-10H,1-3H3,(H,17,20)/b8-7+. The summed E-state index contributed by atoms with van der Waals surface area (Å²) in [6, 6.07) is 7.45. The van der Waals surface area contributed by atoms with Gasteiger partial charge in [-0.25, -0.2) is 4.79 Å². The molecule has 0 aliphatic rings. The Hall–Kier alpha value is -2.54. The van der Waals surface area contributed by atoms with E-state index >= 15 is 0 Å². The number of rotatable bonds is 4. The van der Waals surface area contributed by atoms with Gasteiger partial charge in [-0.15, -0.1) is 11.8 Å². The lowest BCUT2D eigenvalue weighted by molar-refractivity contribution is -0.111. The van der Waals surface area contributed by atoms with Crippen molar-refractivity contribution in [2.45, 2.75) is 4.90 Å². The first kappa shape index (κ1) is 16.8. The minimum Gasteiger partial charge on any atom is -0.322 e. The molecule has 2 aromatic rings. The molecule has 0 unspecified atom stereocenters. The van der Waals surface area contributed by atoms with E-state index in [0.29, 0.717) is 5.69 Å². The van der Waals surface area contributed by atoms with Crippen LogP contribution >= 0.6 is 11.8 Å². The van der Waals surface area contributed by atoms with Crippen molar-refractivity contribution in [3.8, 4) is 0 Å². The van der Waals surface area contributed by atoms with Crippen LogP contribution in [-0.4, -0.2) is 21.3 Å². The van der Waals surface area contributed by atoms with E-state index in [1.165, 1.54) is 30.0 Å². The molecule has 120 valence electrons. The van der Waals surface area contributed by atoms with E-state index in [4.69, 9.17) is 0 Å². The number of carbonyl (C=O) groups excluding carboxylic acids is 1. The fourth-order valence-electron chi connectivity index (χ4n) is 2.00. The van der Waals surface area contributed by atoms with E-state index in [9.17, 15) is 14.4 Å². The third kappa shape index (κ3) is 4.01. The quantitative estimate of drug-likeness (QED) is 0.680. The highest BCUT2D eigenvalue weighted by molar-refractivity contribution is 7.98. The predicted molar refractivity (Wildman–Crippen MR) is 92.8 cm³/mol. The van der Waals surface area contributed by atoms with E-state index in [1.54, 1.807) is 24.9 Å². The van der Waals surface area contributed by atoms with Gasteiger partial charge in [0.1, 0.15) is 0 Å². The number of hydrogen-bond acceptors (Lipinski definition) is 4. The number of thioether (sulfide) groups is 1. The van der Waals surface area contributed by atoms with Crippen LogP contribution in [0, 0.1) is 0 Å². The maximum Gasteiger partial charge on any atom is 0.330 e. The van der Waals surface area contributed by atoms with Gasteiger partial charge in [0, 0.05) is 37.0 Å². The van der Waals surface area contributed by atoms with Crippen LogP contribution in [0.5, 0.6) is 0 Å². The molecule has 1 heterocycles. The molecule has 1 aromatic heterocycles. The van der Waals surface area contributed by atoms with Crippen LogP contribution in [0.1, 0.15) is 5.56 Å². The molecule has 0 bridgehead atoms. The minimum absolute atomic E-state index is 0.266. The Labute approximate surface area is 137 Å². The summed E-state index contributed by atoms with van der Waals surface area (Å²) in [5.74, 6) is -0.348. The summed E-state index contributed by atoms with van der Waals surface area (Å²) in [6.07, 6.45) is 6.03. The topological polar surface area (TPSA) is 73.1 Å². The predicted octanol–water partition coefficient (Wildman–Crippen LogP) is 1.46. The van der Waals surface area contributed by atoms with Crippen molar-refractivity contribution in [3.05, 3.63) is 62.9 Å². The van der Waals surface area contributed by atoms with Crippen LogP contribution in [0.25, 0.3) is 6.08 Å². The molecule has 0 saturated carbocycles. The molecular formula is C16H17N3O3S. The third-order valence-corrected chi connectivity index (χ3v) is 3.95. The van der Waals surface area contributed by atoms with Gasteiger partial charge in [0.05, 0.1) is 5.56 Å². The van der Waals surface area contributed by atoms with Crippen molar-refractivity contribution in [2.75, 3.05) is 11.6 Å². The molecule has 0 fully saturated rings. The van der Waals surface area contributed by atoms with E-state index in [0.717, 1.165) is 9.46 Å². The Bertz CT molecular complexity index is 881. The van der Waals surface area contributed by atoms with E-state index in [-0.39, 0.29) is 11.5 Å². The second-order valence-electron chi connectivity index (χ2n) is 4.90. The summed E-state index contributed by atoms with van der Waals surface area (Å²) in [5, 5.41) is 2.73. The molecule has 6 nitrogen and oxygen atoms in total. The van der Waals surface area contributed by atoms with Gasteiger partial charge in [-0.2, -0.15) is 0 Å². The van der Waals surface area contributed by atoms with Crippen LogP contribution in [0.3, 0.4) is 0 Å². The van der Waals surface area contributed by atoms with E-state index < -0.39 is 11.2 Å². The number of nitrogens with one attached hydrogen (secondary N) is 1. The second-order valence-corrected chi connectivity index (χ2v) is 5.78. The maximum absolute atomic E-state index is 12.0. The average Bonchev–Trinajstić information content (AvgIpc) is 2.55. The minimum atomic E-state index is -0.443. The van der Waals surface area contributed by atoms with Crippen molar-refractivity contribution in [2.24, 2.45) is 14.1 Å². The van der Waals surface area contributed by atoms with Crippen LogP contribution in [0.15, 0.2) is 51.0 Å². The monoisotopic (exact) mass is 331 g/mol. The zero-order valence-corrected chi connectivity index (χ0v) is 13.9. The van der Waals surface area contributed by atoms with Gasteiger partial charge in [0.2, 0.25) is 5.91 Å². The molecule has 0 aliphatic heterocycles. The Balaban J connectivity index is 2.19. The van der Waals surface area contributed by atoms with Crippen molar-refractivity contribution in [1.29, 1.82) is 0 Å². The van der Waals surface area contributed by atoms with Gasteiger partial charge >= 0.3 is 5.69 Å². The largest absolute Gasteiger partial charge is 0.330 e. The summed E-state index contributed by atoms with van der Waals surface area (Å²) in [4.78, 5) is 36.6. The van der Waals surface area contributed by atoms with Gasteiger partial charge in [0.15, 0.2) is 0 Å². The molecule has 1 amide bonds.